The molecule has 0 unspecified atom stereocenters. The molecule has 1 amide bonds. The van der Waals surface area contributed by atoms with E-state index in [0.717, 1.165) is 12.1 Å². The van der Waals surface area contributed by atoms with E-state index >= 15 is 0 Å². The third kappa shape index (κ3) is 3.87. The Kier molecular flexibility index (Phi) is 4.68. The first-order chi connectivity index (χ1) is 10.8. The molecule has 0 saturated carbocycles. The molecule has 1 aromatic heterocycles. The van der Waals surface area contributed by atoms with Crippen molar-refractivity contribution in [1.29, 1.82) is 0 Å². The second-order valence-electron chi connectivity index (χ2n) is 5.10. The maximum atomic E-state index is 13.5. The monoisotopic (exact) mass is 324 g/mol. The van der Waals surface area contributed by atoms with Crippen molar-refractivity contribution in [2.24, 2.45) is 5.92 Å². The van der Waals surface area contributed by atoms with Gasteiger partial charge in [-0.15, -0.1) is 0 Å². The van der Waals surface area contributed by atoms with Gasteiger partial charge in [0.1, 0.15) is 11.6 Å². The van der Waals surface area contributed by atoms with Gasteiger partial charge in [0.05, 0.1) is 35.0 Å². The van der Waals surface area contributed by atoms with Crippen LogP contribution in [0.3, 0.4) is 0 Å². The number of aryl methyl sites for hydroxylation is 1. The van der Waals surface area contributed by atoms with Gasteiger partial charge in [0.15, 0.2) is 0 Å². The minimum atomic E-state index is -0.878. The smallest absolute Gasteiger partial charge is 0.358 e. The number of carbonyl (C=O) groups excluding carboxylic acids is 1. The van der Waals surface area contributed by atoms with Crippen LogP contribution in [0.1, 0.15) is 12.6 Å². The van der Waals surface area contributed by atoms with Crippen LogP contribution < -0.4 is 5.32 Å². The maximum absolute atomic E-state index is 13.5. The normalized spacial score (nSPS) is 12.0. The van der Waals surface area contributed by atoms with E-state index in [9.17, 15) is 23.7 Å². The van der Waals surface area contributed by atoms with Gasteiger partial charge in [-0.25, -0.2) is 8.78 Å². The number of nitrogens with one attached hydrogen (secondary N) is 1. The van der Waals surface area contributed by atoms with Crippen LogP contribution in [-0.4, -0.2) is 20.6 Å². The number of rotatable bonds is 5. The van der Waals surface area contributed by atoms with Gasteiger partial charge in [-0.2, -0.15) is 4.68 Å². The lowest BCUT2D eigenvalue weighted by Gasteiger charge is -2.12. The summed E-state index contributed by atoms with van der Waals surface area (Å²) in [6.07, 6.45) is 0. The summed E-state index contributed by atoms with van der Waals surface area (Å²) >= 11 is 0. The fourth-order valence-electron chi connectivity index (χ4n) is 1.96. The Hall–Kier alpha value is -2.84. The van der Waals surface area contributed by atoms with Gasteiger partial charge in [0.2, 0.25) is 5.91 Å². The predicted molar refractivity (Wildman–Crippen MR) is 77.8 cm³/mol. The quantitative estimate of drug-likeness (QED) is 0.676. The first kappa shape index (κ1) is 16.5. The van der Waals surface area contributed by atoms with Crippen molar-refractivity contribution in [1.82, 2.24) is 9.78 Å². The fraction of sp³-hybridized carbons (Fsp3) is 0.286. The zero-order valence-corrected chi connectivity index (χ0v) is 12.4. The predicted octanol–water partition coefficient (Wildman–Crippen LogP) is 2.65. The molecule has 2 rings (SSSR count). The molecule has 0 aliphatic rings. The molecule has 1 atom stereocenters. The fourth-order valence-corrected chi connectivity index (χ4v) is 1.96. The van der Waals surface area contributed by atoms with Crippen LogP contribution in [-0.2, 0) is 11.3 Å². The van der Waals surface area contributed by atoms with Gasteiger partial charge in [0, 0.05) is 6.07 Å². The molecule has 2 aromatic rings. The summed E-state index contributed by atoms with van der Waals surface area (Å²) in [6, 6.07) is 4.12. The Morgan fingerprint density at radius 1 is 1.43 bits per heavy atom. The number of halogens is 2. The average Bonchev–Trinajstić information content (AvgIpc) is 2.83. The Morgan fingerprint density at radius 3 is 2.70 bits per heavy atom. The van der Waals surface area contributed by atoms with E-state index in [1.165, 1.54) is 10.7 Å². The molecule has 0 bridgehead atoms. The average molecular weight is 324 g/mol. The molecular weight excluding hydrogens is 310 g/mol. The number of benzene rings is 1. The second kappa shape index (κ2) is 6.51. The SMILES string of the molecule is Cc1cc([N+](=O)[O-])nn1C[C@@H](C)C(=O)Nc1ccc(F)cc1F. The molecule has 1 N–H and O–H groups in total. The molecule has 0 radical (unpaired) electrons. The molecule has 9 heteroatoms. The molecule has 1 aromatic carbocycles. The van der Waals surface area contributed by atoms with Crippen molar-refractivity contribution in [3.8, 4) is 0 Å². The lowest BCUT2D eigenvalue weighted by molar-refractivity contribution is -0.389. The van der Waals surface area contributed by atoms with E-state index in [1.807, 2.05) is 0 Å². The van der Waals surface area contributed by atoms with Crippen molar-refractivity contribution in [2.75, 3.05) is 5.32 Å². The number of nitrogens with zero attached hydrogens (tertiary/aromatic N) is 3. The summed E-state index contributed by atoms with van der Waals surface area (Å²) < 4.78 is 27.7. The van der Waals surface area contributed by atoms with Crippen LogP contribution in [0.2, 0.25) is 0 Å². The van der Waals surface area contributed by atoms with Gasteiger partial charge in [-0.3, -0.25) is 4.79 Å². The summed E-state index contributed by atoms with van der Waals surface area (Å²) in [7, 11) is 0. The van der Waals surface area contributed by atoms with Gasteiger partial charge in [0.25, 0.3) is 0 Å². The topological polar surface area (TPSA) is 90.1 Å². The van der Waals surface area contributed by atoms with Crippen LogP contribution in [0.5, 0.6) is 0 Å². The number of nitro groups is 1. The third-order valence-electron chi connectivity index (χ3n) is 3.24. The van der Waals surface area contributed by atoms with E-state index in [0.29, 0.717) is 11.8 Å². The highest BCUT2D eigenvalue weighted by Crippen LogP contribution is 2.17. The molecule has 7 nitrogen and oxygen atoms in total. The minimum absolute atomic E-state index is 0.0916. The summed E-state index contributed by atoms with van der Waals surface area (Å²) in [5, 5.41) is 16.8. The molecular formula is C14H14F2N4O3. The van der Waals surface area contributed by atoms with Gasteiger partial charge in [-0.1, -0.05) is 6.92 Å². The van der Waals surface area contributed by atoms with E-state index in [2.05, 4.69) is 10.4 Å². The molecule has 0 fully saturated rings. The summed E-state index contributed by atoms with van der Waals surface area (Å²) in [5.74, 6) is -3.06. The second-order valence-corrected chi connectivity index (χ2v) is 5.10. The van der Waals surface area contributed by atoms with Gasteiger partial charge < -0.3 is 15.4 Å². The largest absolute Gasteiger partial charge is 0.390 e. The van der Waals surface area contributed by atoms with E-state index < -0.39 is 28.4 Å². The number of aromatic nitrogens is 2. The molecule has 0 aliphatic carbocycles. The number of hydrogen-bond acceptors (Lipinski definition) is 4. The Bertz CT molecular complexity index is 760. The number of amides is 1. The first-order valence-electron chi connectivity index (χ1n) is 6.72. The number of anilines is 1. The maximum Gasteiger partial charge on any atom is 0.390 e. The summed E-state index contributed by atoms with van der Waals surface area (Å²) in [5.41, 5.74) is 0.399. The van der Waals surface area contributed by atoms with Crippen LogP contribution in [0.15, 0.2) is 24.3 Å². The number of carbonyl (C=O) groups is 1. The lowest BCUT2D eigenvalue weighted by atomic mass is 10.1. The van der Waals surface area contributed by atoms with Crippen molar-refractivity contribution < 1.29 is 18.5 Å². The lowest BCUT2D eigenvalue weighted by Crippen LogP contribution is -2.25. The Balaban J connectivity index is 2.06. The van der Waals surface area contributed by atoms with Crippen molar-refractivity contribution in [3.63, 3.8) is 0 Å². The van der Waals surface area contributed by atoms with Gasteiger partial charge in [-0.05, 0) is 24.0 Å². The molecule has 0 saturated heterocycles. The highest BCUT2D eigenvalue weighted by atomic mass is 19.1. The first-order valence-corrected chi connectivity index (χ1v) is 6.72. The molecule has 1 heterocycles. The van der Waals surface area contributed by atoms with Crippen molar-refractivity contribution in [3.05, 3.63) is 51.7 Å². The Labute approximate surface area is 130 Å². The van der Waals surface area contributed by atoms with Gasteiger partial charge >= 0.3 is 5.82 Å². The number of hydrogen-bond donors (Lipinski definition) is 1. The highest BCUT2D eigenvalue weighted by Gasteiger charge is 2.21. The molecule has 0 aliphatic heterocycles. The zero-order chi connectivity index (χ0) is 17.1. The van der Waals surface area contributed by atoms with Crippen LogP contribution >= 0.6 is 0 Å². The molecule has 0 spiro atoms. The summed E-state index contributed by atoms with van der Waals surface area (Å²) in [4.78, 5) is 22.1. The van der Waals surface area contributed by atoms with E-state index in [-0.39, 0.29) is 18.1 Å². The van der Waals surface area contributed by atoms with E-state index in [1.54, 1.807) is 13.8 Å². The van der Waals surface area contributed by atoms with E-state index in [4.69, 9.17) is 0 Å². The van der Waals surface area contributed by atoms with Crippen LogP contribution in [0.4, 0.5) is 20.3 Å². The Morgan fingerprint density at radius 2 is 2.13 bits per heavy atom. The minimum Gasteiger partial charge on any atom is -0.358 e. The molecule has 122 valence electrons. The van der Waals surface area contributed by atoms with Crippen LogP contribution in [0.25, 0.3) is 0 Å². The summed E-state index contributed by atoms with van der Waals surface area (Å²) in [6.45, 7) is 3.29. The van der Waals surface area contributed by atoms with Crippen LogP contribution in [0, 0.1) is 34.6 Å². The van der Waals surface area contributed by atoms with Crippen molar-refractivity contribution in [2.45, 2.75) is 20.4 Å². The van der Waals surface area contributed by atoms with Crippen molar-refractivity contribution >= 4 is 17.4 Å². The standard InChI is InChI=1S/C14H14F2N4O3/c1-8(7-19-9(2)5-13(18-19)20(22)23)14(21)17-12-4-3-10(15)6-11(12)16/h3-6,8H,7H2,1-2H3,(H,17,21)/t8-/m1/s1. The zero-order valence-electron chi connectivity index (χ0n) is 12.4. The molecule has 23 heavy (non-hydrogen) atoms. The third-order valence-corrected chi connectivity index (χ3v) is 3.24. The highest BCUT2D eigenvalue weighted by molar-refractivity contribution is 5.92.